The maximum atomic E-state index is 12.6. The first-order valence-corrected chi connectivity index (χ1v) is 12.6. The zero-order valence-corrected chi connectivity index (χ0v) is 23.2. The molecule has 3 atom stereocenters. The Hall–Kier alpha value is -3.79. The molecule has 0 spiro atoms. The lowest BCUT2D eigenvalue weighted by molar-refractivity contribution is -0.165. The molecule has 2 rings (SSSR count). The van der Waals surface area contributed by atoms with Gasteiger partial charge in [0, 0.05) is 19.0 Å². The summed E-state index contributed by atoms with van der Waals surface area (Å²) < 4.78 is 17.6. The molecule has 13 nitrogen and oxygen atoms in total. The van der Waals surface area contributed by atoms with Crippen molar-refractivity contribution in [2.24, 2.45) is 5.18 Å². The van der Waals surface area contributed by atoms with E-state index in [1.807, 2.05) is 0 Å². The van der Waals surface area contributed by atoms with E-state index in [-0.39, 0.29) is 43.3 Å². The van der Waals surface area contributed by atoms with Crippen LogP contribution in [0.25, 0.3) is 0 Å². The zero-order chi connectivity index (χ0) is 29.4. The second-order valence-electron chi connectivity index (χ2n) is 11.1. The predicted molar refractivity (Wildman–Crippen MR) is 141 cm³/mol. The molecule has 1 fully saturated rings. The fourth-order valence-corrected chi connectivity index (χ4v) is 3.61. The lowest BCUT2D eigenvalue weighted by atomic mass is 10.1. The Kier molecular flexibility index (Phi) is 10.7. The SMILES string of the molecule is CC(C)(C)OC(=O)CC(NC(=O)CCC#Cc1cn(C2CC[C@@H](CN=O)O2)c(=O)nc1N)C(=O)OC(C)(C)C. The largest absolute Gasteiger partial charge is 0.460 e. The van der Waals surface area contributed by atoms with Crippen LogP contribution in [-0.2, 0) is 28.6 Å². The molecule has 0 saturated carbocycles. The van der Waals surface area contributed by atoms with Crippen molar-refractivity contribution >= 4 is 23.7 Å². The highest BCUT2D eigenvalue weighted by Crippen LogP contribution is 2.27. The Balaban J connectivity index is 2.04. The van der Waals surface area contributed by atoms with Crippen LogP contribution in [0.4, 0.5) is 5.82 Å². The van der Waals surface area contributed by atoms with Gasteiger partial charge in [0.05, 0.1) is 18.1 Å². The number of aromatic nitrogens is 2. The van der Waals surface area contributed by atoms with Gasteiger partial charge in [0.1, 0.15) is 35.8 Å². The quantitative estimate of drug-likeness (QED) is 0.263. The number of rotatable bonds is 9. The molecule has 1 amide bonds. The van der Waals surface area contributed by atoms with Crippen LogP contribution in [0.3, 0.4) is 0 Å². The van der Waals surface area contributed by atoms with Gasteiger partial charge in [-0.05, 0) is 54.4 Å². The molecule has 1 aliphatic rings. The highest BCUT2D eigenvalue weighted by molar-refractivity contribution is 5.88. The van der Waals surface area contributed by atoms with Crippen molar-refractivity contribution < 1.29 is 28.6 Å². The predicted octanol–water partition coefficient (Wildman–Crippen LogP) is 1.96. The van der Waals surface area contributed by atoms with E-state index in [0.717, 1.165) is 0 Å². The Labute approximate surface area is 227 Å². The van der Waals surface area contributed by atoms with Crippen LogP contribution in [0, 0.1) is 16.7 Å². The molecule has 1 saturated heterocycles. The van der Waals surface area contributed by atoms with Crippen molar-refractivity contribution in [1.29, 1.82) is 0 Å². The van der Waals surface area contributed by atoms with E-state index in [1.165, 1.54) is 10.8 Å². The fraction of sp³-hybridized carbons (Fsp3) is 0.654. The summed E-state index contributed by atoms with van der Waals surface area (Å²) in [5, 5.41) is 5.36. The minimum atomic E-state index is -1.23. The molecule has 1 aromatic rings. The molecule has 0 aliphatic carbocycles. The molecule has 1 aromatic heterocycles. The number of nitrogens with zero attached hydrogens (tertiary/aromatic N) is 3. The van der Waals surface area contributed by atoms with Gasteiger partial charge in [-0.3, -0.25) is 14.2 Å². The summed E-state index contributed by atoms with van der Waals surface area (Å²) in [5.74, 6) is 3.59. The van der Waals surface area contributed by atoms with Gasteiger partial charge in [-0.1, -0.05) is 17.0 Å². The second-order valence-corrected chi connectivity index (χ2v) is 11.1. The number of hydrogen-bond acceptors (Lipinski definition) is 11. The van der Waals surface area contributed by atoms with Crippen molar-refractivity contribution in [2.75, 3.05) is 12.3 Å². The number of nitroso groups, excluding NO2 is 1. The molecule has 13 heteroatoms. The van der Waals surface area contributed by atoms with E-state index in [2.05, 4.69) is 27.3 Å². The summed E-state index contributed by atoms with van der Waals surface area (Å²) in [4.78, 5) is 64.0. The van der Waals surface area contributed by atoms with Gasteiger partial charge in [-0.15, -0.1) is 0 Å². The molecule has 39 heavy (non-hydrogen) atoms. The van der Waals surface area contributed by atoms with Gasteiger partial charge in [0.2, 0.25) is 5.91 Å². The van der Waals surface area contributed by atoms with Gasteiger partial charge in [-0.25, -0.2) is 9.59 Å². The molecule has 0 bridgehead atoms. The highest BCUT2D eigenvalue weighted by Gasteiger charge is 2.31. The van der Waals surface area contributed by atoms with Crippen LogP contribution in [0.15, 0.2) is 16.2 Å². The van der Waals surface area contributed by atoms with E-state index < -0.39 is 47.0 Å². The van der Waals surface area contributed by atoms with Crippen molar-refractivity contribution in [3.05, 3.63) is 27.2 Å². The number of carbonyl (C=O) groups excluding carboxylic acids is 3. The standard InChI is InChI=1S/C26H37N5O8/c1-25(2,3)38-21(33)13-18(23(34)39-26(4,5)6)29-19(32)10-8-7-9-16-15-31(24(35)30-22(16)27)20-12-11-17(37-20)14-28-36/h15,17-18,20H,8,10-14H2,1-6H3,(H,29,32)(H2,27,30,35)/t17-,18?,20?/m0/s1. The topological polar surface area (TPSA) is 181 Å². The van der Waals surface area contributed by atoms with Crippen LogP contribution in [0.2, 0.25) is 0 Å². The number of nitrogens with two attached hydrogens (primary N) is 1. The number of ether oxygens (including phenoxy) is 3. The van der Waals surface area contributed by atoms with Crippen LogP contribution in [0.1, 0.15) is 85.4 Å². The molecular formula is C26H37N5O8. The maximum Gasteiger partial charge on any atom is 0.351 e. The molecule has 0 aromatic carbocycles. The fourth-order valence-electron chi connectivity index (χ4n) is 3.61. The van der Waals surface area contributed by atoms with Crippen molar-refractivity contribution in [3.8, 4) is 11.8 Å². The Bertz CT molecular complexity index is 1190. The third-order valence-electron chi connectivity index (χ3n) is 5.17. The van der Waals surface area contributed by atoms with Gasteiger partial charge < -0.3 is 25.3 Å². The minimum absolute atomic E-state index is 0.00502. The number of carbonyl (C=O) groups is 3. The molecule has 3 N–H and O–H groups in total. The lowest BCUT2D eigenvalue weighted by Crippen LogP contribution is -2.46. The lowest BCUT2D eigenvalue weighted by Gasteiger charge is -2.25. The molecule has 1 aliphatic heterocycles. The summed E-state index contributed by atoms with van der Waals surface area (Å²) >= 11 is 0. The molecule has 2 unspecified atom stereocenters. The van der Waals surface area contributed by atoms with Crippen LogP contribution < -0.4 is 16.7 Å². The van der Waals surface area contributed by atoms with Gasteiger partial charge in [-0.2, -0.15) is 9.89 Å². The van der Waals surface area contributed by atoms with Crippen LogP contribution in [-0.4, -0.2) is 57.3 Å². The second kappa shape index (κ2) is 13.3. The van der Waals surface area contributed by atoms with E-state index >= 15 is 0 Å². The Morgan fingerprint density at radius 3 is 2.49 bits per heavy atom. The molecular weight excluding hydrogens is 510 g/mol. The van der Waals surface area contributed by atoms with Crippen molar-refractivity contribution in [1.82, 2.24) is 14.9 Å². The van der Waals surface area contributed by atoms with Crippen LogP contribution >= 0.6 is 0 Å². The number of amides is 1. The molecule has 214 valence electrons. The Morgan fingerprint density at radius 1 is 1.21 bits per heavy atom. The average molecular weight is 548 g/mol. The smallest absolute Gasteiger partial charge is 0.351 e. The van der Waals surface area contributed by atoms with E-state index in [9.17, 15) is 24.1 Å². The summed E-state index contributed by atoms with van der Waals surface area (Å²) in [6.45, 7) is 10.1. The Morgan fingerprint density at radius 2 is 1.87 bits per heavy atom. The van der Waals surface area contributed by atoms with Gasteiger partial charge in [0.25, 0.3) is 0 Å². The first-order chi connectivity index (χ1) is 18.1. The van der Waals surface area contributed by atoms with Gasteiger partial charge >= 0.3 is 17.6 Å². The first kappa shape index (κ1) is 31.4. The number of hydrogen-bond donors (Lipinski definition) is 2. The van der Waals surface area contributed by atoms with E-state index in [4.69, 9.17) is 19.9 Å². The summed E-state index contributed by atoms with van der Waals surface area (Å²) in [7, 11) is 0. The van der Waals surface area contributed by atoms with Gasteiger partial charge in [0.15, 0.2) is 0 Å². The summed E-state index contributed by atoms with van der Waals surface area (Å²) in [5.41, 5.74) is 3.93. The van der Waals surface area contributed by atoms with Crippen molar-refractivity contribution in [3.63, 3.8) is 0 Å². The number of nitrogen functional groups attached to an aromatic ring is 1. The number of anilines is 1. The zero-order valence-electron chi connectivity index (χ0n) is 23.2. The molecule has 2 heterocycles. The maximum absolute atomic E-state index is 12.6. The monoisotopic (exact) mass is 547 g/mol. The average Bonchev–Trinajstić information content (AvgIpc) is 3.23. The number of nitrogens with one attached hydrogen (secondary N) is 1. The van der Waals surface area contributed by atoms with Crippen LogP contribution in [0.5, 0.6) is 0 Å². The molecule has 0 radical (unpaired) electrons. The van der Waals surface area contributed by atoms with E-state index in [1.54, 1.807) is 41.5 Å². The minimum Gasteiger partial charge on any atom is -0.460 e. The third-order valence-corrected chi connectivity index (χ3v) is 5.17. The third kappa shape index (κ3) is 10.8. The normalized spacial score (nSPS) is 17.9. The summed E-state index contributed by atoms with van der Waals surface area (Å²) in [6, 6.07) is -1.23. The van der Waals surface area contributed by atoms with Crippen molar-refractivity contribution in [2.45, 2.75) is 103 Å². The first-order valence-electron chi connectivity index (χ1n) is 12.6. The number of esters is 2. The van der Waals surface area contributed by atoms with E-state index in [0.29, 0.717) is 12.8 Å². The summed E-state index contributed by atoms with van der Waals surface area (Å²) in [6.07, 6.45) is 1.13. The highest BCUT2D eigenvalue weighted by atomic mass is 16.6.